The van der Waals surface area contributed by atoms with Gasteiger partial charge in [0.1, 0.15) is 6.61 Å². The Morgan fingerprint density at radius 3 is 2.50 bits per heavy atom. The highest BCUT2D eigenvalue weighted by Gasteiger charge is 2.51. The highest BCUT2D eigenvalue weighted by atomic mass is 19.4. The predicted molar refractivity (Wildman–Crippen MR) is 105 cm³/mol. The Balaban J connectivity index is 1.69. The Morgan fingerprint density at radius 1 is 1.20 bits per heavy atom. The molecule has 8 heteroatoms. The van der Waals surface area contributed by atoms with Crippen LogP contribution in [0.15, 0.2) is 42.0 Å². The van der Waals surface area contributed by atoms with Gasteiger partial charge in [0.2, 0.25) is 0 Å². The number of amides is 2. The van der Waals surface area contributed by atoms with Gasteiger partial charge < -0.3 is 15.0 Å². The molecule has 5 nitrogen and oxygen atoms in total. The summed E-state index contributed by atoms with van der Waals surface area (Å²) >= 11 is 0. The molecular weight excluding hydrogens is 397 g/mol. The van der Waals surface area contributed by atoms with Gasteiger partial charge in [-0.15, -0.1) is 0 Å². The van der Waals surface area contributed by atoms with Crippen LogP contribution in [0.5, 0.6) is 0 Å². The first-order chi connectivity index (χ1) is 13.9. The standard InChI is InChI=1S/C22H27F3N2O3/c1-20(2)16-10-12-27(19(29)30-13-15-7-5-4-6-8-15)14-21(16,3)11-9-17(20)26-18(28)22(23,24)25/h4-8,10,17H,9,11-14H2,1-3H3,(H,26,28)/t17-,21-/m1/s1. The number of hydrogen-bond acceptors (Lipinski definition) is 3. The second-order valence-electron chi connectivity index (χ2n) is 8.88. The molecule has 3 rings (SSSR count). The summed E-state index contributed by atoms with van der Waals surface area (Å²) in [6.45, 7) is 6.64. The van der Waals surface area contributed by atoms with Crippen molar-refractivity contribution in [1.82, 2.24) is 10.2 Å². The van der Waals surface area contributed by atoms with E-state index in [9.17, 15) is 22.8 Å². The monoisotopic (exact) mass is 424 g/mol. The maximum atomic E-state index is 12.7. The summed E-state index contributed by atoms with van der Waals surface area (Å²) < 4.78 is 43.6. The van der Waals surface area contributed by atoms with Gasteiger partial charge in [-0.1, -0.05) is 62.8 Å². The Hall–Kier alpha value is -2.51. The van der Waals surface area contributed by atoms with Gasteiger partial charge in [-0.05, 0) is 18.4 Å². The molecule has 0 unspecified atom stereocenters. The Labute approximate surface area is 174 Å². The lowest BCUT2D eigenvalue weighted by molar-refractivity contribution is -0.175. The zero-order valence-electron chi connectivity index (χ0n) is 17.4. The molecule has 1 aliphatic carbocycles. The van der Waals surface area contributed by atoms with Gasteiger partial charge in [-0.2, -0.15) is 13.2 Å². The minimum absolute atomic E-state index is 0.181. The molecule has 1 N–H and O–H groups in total. The lowest BCUT2D eigenvalue weighted by Gasteiger charge is -2.53. The molecule has 0 saturated heterocycles. The smallest absolute Gasteiger partial charge is 0.445 e. The molecule has 2 amide bonds. The first kappa shape index (κ1) is 22.2. The summed E-state index contributed by atoms with van der Waals surface area (Å²) in [5.41, 5.74) is 0.828. The summed E-state index contributed by atoms with van der Waals surface area (Å²) in [5, 5.41) is 2.16. The van der Waals surface area contributed by atoms with Crippen LogP contribution in [0.2, 0.25) is 0 Å². The van der Waals surface area contributed by atoms with Crippen LogP contribution in [-0.4, -0.2) is 42.2 Å². The van der Waals surface area contributed by atoms with Gasteiger partial charge in [0.15, 0.2) is 0 Å². The first-order valence-corrected chi connectivity index (χ1v) is 9.98. The van der Waals surface area contributed by atoms with E-state index in [0.29, 0.717) is 25.9 Å². The number of hydrogen-bond donors (Lipinski definition) is 1. The molecule has 1 saturated carbocycles. The van der Waals surface area contributed by atoms with E-state index in [1.54, 1.807) is 4.90 Å². The Morgan fingerprint density at radius 2 is 1.87 bits per heavy atom. The molecular formula is C22H27F3N2O3. The van der Waals surface area contributed by atoms with Crippen LogP contribution >= 0.6 is 0 Å². The number of benzene rings is 1. The molecule has 1 aliphatic heterocycles. The normalized spacial score (nSPS) is 25.7. The molecule has 2 atom stereocenters. The van der Waals surface area contributed by atoms with E-state index >= 15 is 0 Å². The molecule has 0 radical (unpaired) electrons. The number of carbonyl (C=O) groups excluding carboxylic acids is 2. The molecule has 1 fully saturated rings. The molecule has 164 valence electrons. The SMILES string of the molecule is CC1(C)C2=CCN(C(=O)OCc3ccccc3)C[C@@]2(C)CC[C@H]1NC(=O)C(F)(F)F. The molecule has 0 spiro atoms. The van der Waals surface area contributed by atoms with Gasteiger partial charge in [-0.3, -0.25) is 4.79 Å². The molecule has 30 heavy (non-hydrogen) atoms. The Kier molecular flexibility index (Phi) is 5.89. The van der Waals surface area contributed by atoms with Crippen LogP contribution in [0, 0.1) is 10.8 Å². The van der Waals surface area contributed by atoms with Gasteiger partial charge >= 0.3 is 18.2 Å². The molecule has 1 heterocycles. The van der Waals surface area contributed by atoms with Crippen molar-refractivity contribution in [1.29, 1.82) is 0 Å². The number of nitrogens with one attached hydrogen (secondary N) is 1. The molecule has 0 aromatic heterocycles. The van der Waals surface area contributed by atoms with Crippen molar-refractivity contribution in [3.05, 3.63) is 47.5 Å². The van der Waals surface area contributed by atoms with Crippen molar-refractivity contribution < 1.29 is 27.5 Å². The maximum Gasteiger partial charge on any atom is 0.471 e. The van der Waals surface area contributed by atoms with Crippen molar-refractivity contribution in [3.8, 4) is 0 Å². The second kappa shape index (κ2) is 7.96. The van der Waals surface area contributed by atoms with Gasteiger partial charge in [0, 0.05) is 30.0 Å². The fourth-order valence-electron chi connectivity index (χ4n) is 4.73. The van der Waals surface area contributed by atoms with Gasteiger partial charge in [0.05, 0.1) is 0 Å². The van der Waals surface area contributed by atoms with Crippen LogP contribution in [-0.2, 0) is 16.1 Å². The number of nitrogens with zero attached hydrogens (tertiary/aromatic N) is 1. The summed E-state index contributed by atoms with van der Waals surface area (Å²) in [7, 11) is 0. The zero-order chi connectivity index (χ0) is 22.2. The molecule has 1 aromatic carbocycles. The van der Waals surface area contributed by atoms with Crippen molar-refractivity contribution in [2.24, 2.45) is 10.8 Å². The van der Waals surface area contributed by atoms with E-state index in [-0.39, 0.29) is 12.0 Å². The third-order valence-corrected chi connectivity index (χ3v) is 6.28. The minimum atomic E-state index is -4.91. The van der Waals surface area contributed by atoms with Crippen molar-refractivity contribution in [2.45, 2.75) is 52.4 Å². The number of ether oxygens (including phenoxy) is 1. The number of rotatable bonds is 3. The van der Waals surface area contributed by atoms with E-state index in [2.05, 4.69) is 5.32 Å². The average molecular weight is 424 g/mol. The third-order valence-electron chi connectivity index (χ3n) is 6.28. The van der Waals surface area contributed by atoms with Crippen LogP contribution in [0.4, 0.5) is 18.0 Å². The quantitative estimate of drug-likeness (QED) is 0.730. The van der Waals surface area contributed by atoms with Crippen LogP contribution in [0.25, 0.3) is 0 Å². The van der Waals surface area contributed by atoms with E-state index in [1.165, 1.54) is 0 Å². The topological polar surface area (TPSA) is 58.6 Å². The lowest BCUT2D eigenvalue weighted by atomic mass is 9.57. The summed E-state index contributed by atoms with van der Waals surface area (Å²) in [4.78, 5) is 25.7. The van der Waals surface area contributed by atoms with E-state index in [4.69, 9.17) is 4.74 Å². The first-order valence-electron chi connectivity index (χ1n) is 9.98. The number of carbonyl (C=O) groups is 2. The van der Waals surface area contributed by atoms with Crippen molar-refractivity contribution in [3.63, 3.8) is 0 Å². The van der Waals surface area contributed by atoms with Crippen LogP contribution in [0.3, 0.4) is 0 Å². The fourth-order valence-corrected chi connectivity index (χ4v) is 4.73. The van der Waals surface area contributed by atoms with E-state index in [1.807, 2.05) is 57.2 Å². The maximum absolute atomic E-state index is 12.7. The van der Waals surface area contributed by atoms with Crippen molar-refractivity contribution >= 4 is 12.0 Å². The number of halogens is 3. The molecule has 0 bridgehead atoms. The minimum Gasteiger partial charge on any atom is -0.445 e. The number of fused-ring (bicyclic) bond motifs is 1. The van der Waals surface area contributed by atoms with Crippen molar-refractivity contribution in [2.75, 3.05) is 13.1 Å². The molecule has 1 aromatic rings. The summed E-state index contributed by atoms with van der Waals surface area (Å²) in [6.07, 6.45) is -2.46. The number of alkyl halides is 3. The Bertz CT molecular complexity index is 836. The lowest BCUT2D eigenvalue weighted by Crippen LogP contribution is -2.58. The molecule has 2 aliphatic rings. The predicted octanol–water partition coefficient (Wildman–Crippen LogP) is 4.44. The second-order valence-corrected chi connectivity index (χ2v) is 8.88. The zero-order valence-corrected chi connectivity index (χ0v) is 17.4. The fraction of sp³-hybridized carbons (Fsp3) is 0.545. The van der Waals surface area contributed by atoms with E-state index in [0.717, 1.165) is 11.1 Å². The van der Waals surface area contributed by atoms with Crippen LogP contribution in [0.1, 0.15) is 39.2 Å². The third kappa shape index (κ3) is 4.47. The average Bonchev–Trinajstić information content (AvgIpc) is 2.68. The summed E-state index contributed by atoms with van der Waals surface area (Å²) in [6, 6.07) is 8.76. The van der Waals surface area contributed by atoms with E-state index < -0.39 is 29.6 Å². The largest absolute Gasteiger partial charge is 0.471 e. The van der Waals surface area contributed by atoms with Gasteiger partial charge in [0.25, 0.3) is 0 Å². The highest BCUT2D eigenvalue weighted by Crippen LogP contribution is 2.52. The van der Waals surface area contributed by atoms with Crippen LogP contribution < -0.4 is 5.32 Å². The van der Waals surface area contributed by atoms with Gasteiger partial charge in [-0.25, -0.2) is 4.79 Å². The highest BCUT2D eigenvalue weighted by molar-refractivity contribution is 5.82. The summed E-state index contributed by atoms with van der Waals surface area (Å²) in [5.74, 6) is -1.91.